The van der Waals surface area contributed by atoms with Crippen molar-refractivity contribution in [3.8, 4) is 0 Å². The molecule has 1 amide bonds. The van der Waals surface area contributed by atoms with E-state index in [4.69, 9.17) is 0 Å². The Morgan fingerprint density at radius 3 is 2.50 bits per heavy atom. The summed E-state index contributed by atoms with van der Waals surface area (Å²) >= 11 is 0. The van der Waals surface area contributed by atoms with Crippen molar-refractivity contribution < 1.29 is 21.6 Å². The molecular formula is C20H25N3O5S2. The summed E-state index contributed by atoms with van der Waals surface area (Å²) in [6.07, 6.45) is 1.50. The van der Waals surface area contributed by atoms with E-state index in [1.165, 1.54) is 20.0 Å². The van der Waals surface area contributed by atoms with Gasteiger partial charge in [0, 0.05) is 25.7 Å². The maximum absolute atomic E-state index is 12.8. The van der Waals surface area contributed by atoms with Gasteiger partial charge in [0.15, 0.2) is 0 Å². The zero-order valence-corrected chi connectivity index (χ0v) is 18.5. The van der Waals surface area contributed by atoms with Crippen LogP contribution in [-0.4, -0.2) is 36.3 Å². The zero-order chi connectivity index (χ0) is 21.9. The molecule has 10 heteroatoms. The van der Waals surface area contributed by atoms with Crippen LogP contribution in [0.15, 0.2) is 47.4 Å². The Hall–Kier alpha value is -2.27. The summed E-state index contributed by atoms with van der Waals surface area (Å²) in [6, 6.07) is 11.6. The molecule has 1 heterocycles. The normalized spacial score (nSPS) is 14.4. The first-order chi connectivity index (χ1) is 14.1. The third-order valence-corrected chi connectivity index (χ3v) is 7.72. The van der Waals surface area contributed by atoms with Crippen molar-refractivity contribution in [3.63, 3.8) is 0 Å². The predicted molar refractivity (Wildman–Crippen MR) is 115 cm³/mol. The lowest BCUT2D eigenvalue weighted by Crippen LogP contribution is -2.33. The fourth-order valence-corrected chi connectivity index (χ4v) is 5.28. The van der Waals surface area contributed by atoms with Crippen molar-refractivity contribution in [1.82, 2.24) is 9.44 Å². The second-order valence-corrected chi connectivity index (χ2v) is 10.9. The molecule has 3 rings (SSSR count). The van der Waals surface area contributed by atoms with Crippen molar-refractivity contribution in [3.05, 3.63) is 59.2 Å². The van der Waals surface area contributed by atoms with Crippen LogP contribution in [0.2, 0.25) is 0 Å². The number of carbonyl (C=O) groups excluding carboxylic acids is 1. The molecule has 0 saturated heterocycles. The number of amides is 1. The third-order valence-electron chi connectivity index (χ3n) is 4.99. The molecule has 1 aliphatic heterocycles. The molecule has 0 aliphatic carbocycles. The van der Waals surface area contributed by atoms with E-state index in [2.05, 4.69) is 9.44 Å². The van der Waals surface area contributed by atoms with E-state index in [1.807, 2.05) is 0 Å². The number of hydrogen-bond donors (Lipinski definition) is 2. The van der Waals surface area contributed by atoms with Crippen molar-refractivity contribution in [2.45, 2.75) is 37.0 Å². The van der Waals surface area contributed by atoms with E-state index < -0.39 is 20.0 Å². The van der Waals surface area contributed by atoms with E-state index >= 15 is 0 Å². The minimum atomic E-state index is -3.77. The molecule has 2 aromatic rings. The molecule has 1 aliphatic rings. The Morgan fingerprint density at radius 1 is 1.07 bits per heavy atom. The van der Waals surface area contributed by atoms with E-state index in [0.717, 1.165) is 17.7 Å². The van der Waals surface area contributed by atoms with E-state index in [9.17, 15) is 21.6 Å². The number of aryl methyl sites for hydroxylation is 1. The van der Waals surface area contributed by atoms with Crippen molar-refractivity contribution in [2.75, 3.05) is 18.5 Å². The van der Waals surface area contributed by atoms with Gasteiger partial charge in [-0.3, -0.25) is 4.79 Å². The molecule has 0 aromatic heterocycles. The minimum Gasteiger partial charge on any atom is -0.312 e. The number of benzene rings is 2. The van der Waals surface area contributed by atoms with Crippen LogP contribution in [0, 0.1) is 0 Å². The zero-order valence-electron chi connectivity index (χ0n) is 16.9. The molecule has 0 fully saturated rings. The number of anilines is 1. The number of hydrogen-bond acceptors (Lipinski definition) is 5. The van der Waals surface area contributed by atoms with E-state index in [-0.39, 0.29) is 23.1 Å². The minimum absolute atomic E-state index is 0.0342. The Balaban J connectivity index is 1.76. The van der Waals surface area contributed by atoms with Gasteiger partial charge in [0.05, 0.1) is 10.6 Å². The van der Waals surface area contributed by atoms with Crippen molar-refractivity contribution in [2.24, 2.45) is 0 Å². The van der Waals surface area contributed by atoms with Crippen LogP contribution in [0.25, 0.3) is 0 Å². The van der Waals surface area contributed by atoms with Crippen LogP contribution < -0.4 is 14.3 Å². The lowest BCUT2D eigenvalue weighted by molar-refractivity contribution is -0.116. The number of sulfonamides is 2. The van der Waals surface area contributed by atoms with Gasteiger partial charge in [-0.15, -0.1) is 0 Å². The first-order valence-electron chi connectivity index (χ1n) is 9.51. The monoisotopic (exact) mass is 451 g/mol. The number of fused-ring (bicyclic) bond motifs is 1. The molecule has 0 atom stereocenters. The summed E-state index contributed by atoms with van der Waals surface area (Å²) in [5.41, 5.74) is 2.81. The van der Waals surface area contributed by atoms with Crippen molar-refractivity contribution in [1.29, 1.82) is 0 Å². The Labute approximate surface area is 177 Å². The summed E-state index contributed by atoms with van der Waals surface area (Å²) in [6.45, 7) is 2.16. The van der Waals surface area contributed by atoms with Gasteiger partial charge in [-0.05, 0) is 54.8 Å². The first-order valence-corrected chi connectivity index (χ1v) is 12.6. The second-order valence-electron chi connectivity index (χ2n) is 7.17. The number of nitrogens with one attached hydrogen (secondary N) is 2. The standard InChI is InChI=1S/C20H25N3O5S2/c1-15(24)23-10-4-7-18-12-19(8-9-20(18)23)30(27,28)22-13-16-5-3-6-17(11-16)14-29(25,26)21-2/h3,5-6,8-9,11-12,21-22H,4,7,10,13-14H2,1-2H3. The van der Waals surface area contributed by atoms with Crippen LogP contribution in [-0.2, 0) is 43.6 Å². The lowest BCUT2D eigenvalue weighted by atomic mass is 10.0. The van der Waals surface area contributed by atoms with E-state index in [0.29, 0.717) is 24.1 Å². The number of nitrogens with zero attached hydrogens (tertiary/aromatic N) is 1. The molecule has 30 heavy (non-hydrogen) atoms. The molecule has 162 valence electrons. The fourth-order valence-electron chi connectivity index (χ4n) is 3.45. The van der Waals surface area contributed by atoms with Crippen molar-refractivity contribution >= 4 is 31.6 Å². The lowest BCUT2D eigenvalue weighted by Gasteiger charge is -2.28. The molecule has 2 N–H and O–H groups in total. The largest absolute Gasteiger partial charge is 0.312 e. The second kappa shape index (κ2) is 8.84. The third kappa shape index (κ3) is 5.25. The molecule has 0 unspecified atom stereocenters. The summed E-state index contributed by atoms with van der Waals surface area (Å²) in [5.74, 6) is -0.244. The maximum atomic E-state index is 12.8. The molecule has 8 nitrogen and oxygen atoms in total. The van der Waals surface area contributed by atoms with Gasteiger partial charge < -0.3 is 4.90 Å². The highest BCUT2D eigenvalue weighted by Crippen LogP contribution is 2.29. The van der Waals surface area contributed by atoms with Crippen LogP contribution in [0.1, 0.15) is 30.0 Å². The van der Waals surface area contributed by atoms with Gasteiger partial charge in [-0.2, -0.15) is 0 Å². The fraction of sp³-hybridized carbons (Fsp3) is 0.350. The number of rotatable bonds is 7. The van der Waals surface area contributed by atoms with Gasteiger partial charge in [0.2, 0.25) is 26.0 Å². The van der Waals surface area contributed by atoms with Crippen LogP contribution >= 0.6 is 0 Å². The van der Waals surface area contributed by atoms with Crippen LogP contribution in [0.4, 0.5) is 5.69 Å². The molecule has 0 bridgehead atoms. The van der Waals surface area contributed by atoms with Gasteiger partial charge in [0.25, 0.3) is 0 Å². The SMILES string of the molecule is CNS(=O)(=O)Cc1cccc(CNS(=O)(=O)c2ccc3c(c2)CCCN3C(C)=O)c1. The van der Waals surface area contributed by atoms with E-state index in [1.54, 1.807) is 41.3 Å². The predicted octanol–water partition coefficient (Wildman–Crippen LogP) is 1.51. The molecule has 2 aromatic carbocycles. The molecular weight excluding hydrogens is 426 g/mol. The van der Waals surface area contributed by atoms with Gasteiger partial charge >= 0.3 is 0 Å². The Bertz CT molecular complexity index is 1160. The average molecular weight is 452 g/mol. The van der Waals surface area contributed by atoms with Gasteiger partial charge in [-0.1, -0.05) is 24.3 Å². The highest BCUT2D eigenvalue weighted by Gasteiger charge is 2.23. The smallest absolute Gasteiger partial charge is 0.240 e. The highest BCUT2D eigenvalue weighted by atomic mass is 32.2. The maximum Gasteiger partial charge on any atom is 0.240 e. The molecule has 0 spiro atoms. The average Bonchev–Trinajstić information content (AvgIpc) is 2.71. The Morgan fingerprint density at radius 2 is 1.80 bits per heavy atom. The summed E-state index contributed by atoms with van der Waals surface area (Å²) in [4.78, 5) is 13.6. The topological polar surface area (TPSA) is 113 Å². The van der Waals surface area contributed by atoms with Crippen LogP contribution in [0.3, 0.4) is 0 Å². The summed E-state index contributed by atoms with van der Waals surface area (Å²) in [5, 5.41) is 0. The van der Waals surface area contributed by atoms with Gasteiger partial charge in [0.1, 0.15) is 0 Å². The summed E-state index contributed by atoms with van der Waals surface area (Å²) < 4.78 is 53.8. The van der Waals surface area contributed by atoms with Crippen LogP contribution in [0.5, 0.6) is 0 Å². The highest BCUT2D eigenvalue weighted by molar-refractivity contribution is 7.89. The quantitative estimate of drug-likeness (QED) is 0.663. The first kappa shape index (κ1) is 22.4. The molecule has 0 saturated carbocycles. The summed E-state index contributed by atoms with van der Waals surface area (Å²) in [7, 11) is -5.83. The van der Waals surface area contributed by atoms with Gasteiger partial charge in [-0.25, -0.2) is 26.3 Å². The number of carbonyl (C=O) groups is 1. The Kier molecular flexibility index (Phi) is 6.61. The molecule has 0 radical (unpaired) electrons.